The number of hydrogen-bond acceptors (Lipinski definition) is 4. The molecule has 88 valence electrons. The molecule has 0 aliphatic heterocycles. The SMILES string of the molecule is COc1ccc(Oc2ccnc(C)n2)c(Br)c1. The van der Waals surface area contributed by atoms with E-state index < -0.39 is 0 Å². The van der Waals surface area contributed by atoms with Crippen molar-refractivity contribution in [3.8, 4) is 17.4 Å². The maximum atomic E-state index is 5.64. The van der Waals surface area contributed by atoms with Gasteiger partial charge in [0, 0.05) is 12.3 Å². The largest absolute Gasteiger partial charge is 0.497 e. The second kappa shape index (κ2) is 5.14. The van der Waals surface area contributed by atoms with E-state index in [1.165, 1.54) is 0 Å². The number of aryl methyl sites for hydroxylation is 1. The van der Waals surface area contributed by atoms with Crippen molar-refractivity contribution in [1.29, 1.82) is 0 Å². The van der Waals surface area contributed by atoms with Crippen LogP contribution in [0.15, 0.2) is 34.9 Å². The topological polar surface area (TPSA) is 44.2 Å². The van der Waals surface area contributed by atoms with Crippen molar-refractivity contribution in [1.82, 2.24) is 9.97 Å². The van der Waals surface area contributed by atoms with Gasteiger partial charge in [0.15, 0.2) is 0 Å². The molecule has 0 aliphatic carbocycles. The number of halogens is 1. The van der Waals surface area contributed by atoms with Gasteiger partial charge in [0.05, 0.1) is 11.6 Å². The minimum absolute atomic E-state index is 0.517. The number of benzene rings is 1. The molecule has 1 aromatic heterocycles. The Hall–Kier alpha value is -1.62. The van der Waals surface area contributed by atoms with Crippen molar-refractivity contribution >= 4 is 15.9 Å². The Morgan fingerprint density at radius 3 is 2.71 bits per heavy atom. The van der Waals surface area contributed by atoms with E-state index in [4.69, 9.17) is 9.47 Å². The zero-order valence-corrected chi connectivity index (χ0v) is 11.1. The highest BCUT2D eigenvalue weighted by Crippen LogP contribution is 2.31. The van der Waals surface area contributed by atoms with Crippen molar-refractivity contribution in [3.63, 3.8) is 0 Å². The van der Waals surface area contributed by atoms with Gasteiger partial charge in [-0.2, -0.15) is 4.98 Å². The van der Waals surface area contributed by atoms with Gasteiger partial charge in [0.25, 0.3) is 0 Å². The maximum Gasteiger partial charge on any atom is 0.222 e. The van der Waals surface area contributed by atoms with Crippen LogP contribution in [0.25, 0.3) is 0 Å². The molecule has 1 aromatic carbocycles. The van der Waals surface area contributed by atoms with Gasteiger partial charge in [-0.15, -0.1) is 0 Å². The second-order valence-electron chi connectivity index (χ2n) is 3.34. The Bertz CT molecular complexity index is 532. The molecule has 5 heteroatoms. The molecule has 0 spiro atoms. The first-order valence-electron chi connectivity index (χ1n) is 5.00. The van der Waals surface area contributed by atoms with Crippen molar-refractivity contribution in [2.75, 3.05) is 7.11 Å². The van der Waals surface area contributed by atoms with Crippen molar-refractivity contribution in [2.24, 2.45) is 0 Å². The third kappa shape index (κ3) is 2.94. The van der Waals surface area contributed by atoms with Gasteiger partial charge in [-0.25, -0.2) is 4.98 Å². The molecule has 0 fully saturated rings. The zero-order valence-electron chi connectivity index (χ0n) is 9.48. The Balaban J connectivity index is 2.24. The highest BCUT2D eigenvalue weighted by atomic mass is 79.9. The van der Waals surface area contributed by atoms with Crippen molar-refractivity contribution in [2.45, 2.75) is 6.92 Å². The van der Waals surface area contributed by atoms with E-state index in [9.17, 15) is 0 Å². The summed E-state index contributed by atoms with van der Waals surface area (Å²) in [4.78, 5) is 8.18. The molecule has 0 saturated carbocycles. The first-order valence-corrected chi connectivity index (χ1v) is 5.79. The molecule has 0 saturated heterocycles. The van der Waals surface area contributed by atoms with Crippen LogP contribution < -0.4 is 9.47 Å². The summed E-state index contributed by atoms with van der Waals surface area (Å²) in [6, 6.07) is 7.20. The smallest absolute Gasteiger partial charge is 0.222 e. The summed E-state index contributed by atoms with van der Waals surface area (Å²) in [5.74, 6) is 2.64. The molecule has 0 atom stereocenters. The van der Waals surface area contributed by atoms with E-state index in [1.807, 2.05) is 25.1 Å². The quantitative estimate of drug-likeness (QED) is 0.871. The Labute approximate surface area is 108 Å². The number of nitrogens with zero attached hydrogens (tertiary/aromatic N) is 2. The molecule has 2 rings (SSSR count). The number of rotatable bonds is 3. The first kappa shape index (κ1) is 11.9. The Morgan fingerprint density at radius 2 is 2.06 bits per heavy atom. The van der Waals surface area contributed by atoms with E-state index in [0.29, 0.717) is 17.5 Å². The minimum Gasteiger partial charge on any atom is -0.497 e. The fraction of sp³-hybridized carbons (Fsp3) is 0.167. The van der Waals surface area contributed by atoms with Gasteiger partial charge in [-0.3, -0.25) is 0 Å². The molecule has 0 N–H and O–H groups in total. The van der Waals surface area contributed by atoms with Gasteiger partial charge >= 0.3 is 0 Å². The summed E-state index contributed by atoms with van der Waals surface area (Å²) in [6.45, 7) is 1.82. The predicted molar refractivity (Wildman–Crippen MR) is 67.5 cm³/mol. The minimum atomic E-state index is 0.517. The first-order chi connectivity index (χ1) is 8.19. The van der Waals surface area contributed by atoms with E-state index in [-0.39, 0.29) is 0 Å². The van der Waals surface area contributed by atoms with Crippen LogP contribution in [0.3, 0.4) is 0 Å². The fourth-order valence-corrected chi connectivity index (χ4v) is 1.73. The highest BCUT2D eigenvalue weighted by molar-refractivity contribution is 9.10. The monoisotopic (exact) mass is 294 g/mol. The molecule has 0 radical (unpaired) electrons. The third-order valence-electron chi connectivity index (χ3n) is 2.10. The number of hydrogen-bond donors (Lipinski definition) is 0. The molecule has 0 aliphatic rings. The fourth-order valence-electron chi connectivity index (χ4n) is 1.30. The lowest BCUT2D eigenvalue weighted by Gasteiger charge is -2.08. The molecule has 1 heterocycles. The average Bonchev–Trinajstić information content (AvgIpc) is 2.32. The van der Waals surface area contributed by atoms with Crippen molar-refractivity contribution in [3.05, 3.63) is 40.8 Å². The van der Waals surface area contributed by atoms with Crippen LogP contribution in [0.1, 0.15) is 5.82 Å². The summed E-state index contributed by atoms with van der Waals surface area (Å²) in [5, 5.41) is 0. The molecule has 17 heavy (non-hydrogen) atoms. The lowest BCUT2D eigenvalue weighted by Crippen LogP contribution is -1.92. The summed E-state index contributed by atoms with van der Waals surface area (Å²) in [6.07, 6.45) is 1.66. The van der Waals surface area contributed by atoms with Gasteiger partial charge < -0.3 is 9.47 Å². The average molecular weight is 295 g/mol. The van der Waals surface area contributed by atoms with E-state index >= 15 is 0 Å². The van der Waals surface area contributed by atoms with E-state index in [0.717, 1.165) is 10.2 Å². The number of methoxy groups -OCH3 is 1. The summed E-state index contributed by atoms with van der Waals surface area (Å²) >= 11 is 3.42. The van der Waals surface area contributed by atoms with Crippen LogP contribution in [0.4, 0.5) is 0 Å². The highest BCUT2D eigenvalue weighted by Gasteiger charge is 2.05. The molecule has 4 nitrogen and oxygen atoms in total. The van der Waals surface area contributed by atoms with Crippen LogP contribution in [0.2, 0.25) is 0 Å². The van der Waals surface area contributed by atoms with Crippen LogP contribution >= 0.6 is 15.9 Å². The normalized spacial score (nSPS) is 10.1. The van der Waals surface area contributed by atoms with Gasteiger partial charge in [0.2, 0.25) is 5.88 Å². The van der Waals surface area contributed by atoms with E-state index in [1.54, 1.807) is 19.4 Å². The standard InChI is InChI=1S/C12H11BrN2O2/c1-8-14-6-5-12(15-8)17-11-4-3-9(16-2)7-10(11)13/h3-7H,1-2H3. The number of ether oxygens (including phenoxy) is 2. The Kier molecular flexibility index (Phi) is 3.58. The molecule has 0 bridgehead atoms. The van der Waals surface area contributed by atoms with Gasteiger partial charge in [-0.1, -0.05) is 0 Å². The molecular formula is C12H11BrN2O2. The second-order valence-corrected chi connectivity index (χ2v) is 4.19. The maximum absolute atomic E-state index is 5.64. The molecule has 0 amide bonds. The zero-order chi connectivity index (χ0) is 12.3. The van der Waals surface area contributed by atoms with E-state index in [2.05, 4.69) is 25.9 Å². The van der Waals surface area contributed by atoms with Gasteiger partial charge in [-0.05, 0) is 41.1 Å². The lowest BCUT2D eigenvalue weighted by molar-refractivity contribution is 0.411. The molecule has 2 aromatic rings. The third-order valence-corrected chi connectivity index (χ3v) is 2.72. The van der Waals surface area contributed by atoms with Crippen LogP contribution in [0, 0.1) is 6.92 Å². The van der Waals surface area contributed by atoms with Crippen LogP contribution in [-0.4, -0.2) is 17.1 Å². The molecule has 0 unspecified atom stereocenters. The summed E-state index contributed by atoms with van der Waals surface area (Å²) < 4.78 is 11.6. The lowest BCUT2D eigenvalue weighted by atomic mass is 10.3. The van der Waals surface area contributed by atoms with Crippen LogP contribution in [-0.2, 0) is 0 Å². The van der Waals surface area contributed by atoms with Crippen LogP contribution in [0.5, 0.6) is 17.4 Å². The Morgan fingerprint density at radius 1 is 1.24 bits per heavy atom. The predicted octanol–water partition coefficient (Wildman–Crippen LogP) is 3.35. The van der Waals surface area contributed by atoms with Crippen molar-refractivity contribution < 1.29 is 9.47 Å². The molecular weight excluding hydrogens is 284 g/mol. The summed E-state index contributed by atoms with van der Waals surface area (Å²) in [7, 11) is 1.62. The summed E-state index contributed by atoms with van der Waals surface area (Å²) in [5.41, 5.74) is 0. The van der Waals surface area contributed by atoms with Gasteiger partial charge in [0.1, 0.15) is 17.3 Å². The number of aromatic nitrogens is 2.